The van der Waals surface area contributed by atoms with E-state index < -0.39 is 17.5 Å². The van der Waals surface area contributed by atoms with Gasteiger partial charge < -0.3 is 4.74 Å². The highest BCUT2D eigenvalue weighted by Crippen LogP contribution is 2.31. The lowest BCUT2D eigenvalue weighted by Crippen LogP contribution is -2.33. The van der Waals surface area contributed by atoms with Gasteiger partial charge in [-0.2, -0.15) is 5.26 Å². The highest BCUT2D eigenvalue weighted by atomic mass is 35.5. The van der Waals surface area contributed by atoms with E-state index in [9.17, 15) is 10.1 Å². The van der Waals surface area contributed by atoms with Crippen LogP contribution in [0, 0.1) is 11.3 Å². The van der Waals surface area contributed by atoms with Crippen molar-refractivity contribution in [3.63, 3.8) is 0 Å². The quantitative estimate of drug-likeness (QED) is 0.775. The lowest BCUT2D eigenvalue weighted by atomic mass is 9.85. The molecule has 0 spiro atoms. The molecule has 90 valence electrons. The van der Waals surface area contributed by atoms with Gasteiger partial charge in [-0.25, -0.2) is 0 Å². The van der Waals surface area contributed by atoms with Crippen LogP contribution in [0.4, 0.5) is 0 Å². The van der Waals surface area contributed by atoms with Gasteiger partial charge in [-0.05, 0) is 31.5 Å². The fourth-order valence-corrected chi connectivity index (χ4v) is 1.84. The normalized spacial score (nSPS) is 12.6. The highest BCUT2D eigenvalue weighted by Gasteiger charge is 2.34. The molecular formula is C13H14ClNO2. The van der Waals surface area contributed by atoms with E-state index >= 15 is 0 Å². The van der Waals surface area contributed by atoms with Gasteiger partial charge in [-0.3, -0.25) is 4.79 Å². The first kappa shape index (κ1) is 13.5. The molecule has 0 bridgehead atoms. The summed E-state index contributed by atoms with van der Waals surface area (Å²) in [6, 6.07) is 9.12. The van der Waals surface area contributed by atoms with Gasteiger partial charge >= 0.3 is 5.97 Å². The van der Waals surface area contributed by atoms with Gasteiger partial charge in [0, 0.05) is 11.9 Å². The van der Waals surface area contributed by atoms with Crippen molar-refractivity contribution in [2.75, 3.05) is 0 Å². The summed E-state index contributed by atoms with van der Waals surface area (Å²) < 4.78 is 5.18. The summed E-state index contributed by atoms with van der Waals surface area (Å²) in [7, 11) is 0. The zero-order valence-electron chi connectivity index (χ0n) is 10.0. The fourth-order valence-electron chi connectivity index (χ4n) is 1.72. The minimum absolute atomic E-state index is 0.399. The monoisotopic (exact) mass is 251 g/mol. The summed E-state index contributed by atoms with van der Waals surface area (Å²) in [5, 5.41) is 9.83. The Morgan fingerprint density at radius 2 is 1.94 bits per heavy atom. The standard InChI is InChI=1S/C13H14ClNO2/c1-9(16)17-13(2,3)12(8-15)10-4-6-11(14)7-5-10/h4-7,12H,1-3H3. The average molecular weight is 252 g/mol. The molecule has 0 aliphatic heterocycles. The smallest absolute Gasteiger partial charge is 0.303 e. The topological polar surface area (TPSA) is 50.1 Å². The summed E-state index contributed by atoms with van der Waals surface area (Å²) in [6.45, 7) is 4.77. The number of hydrogen-bond acceptors (Lipinski definition) is 3. The molecule has 1 unspecified atom stereocenters. The van der Waals surface area contributed by atoms with E-state index in [1.54, 1.807) is 38.1 Å². The number of rotatable bonds is 3. The number of hydrogen-bond donors (Lipinski definition) is 0. The number of esters is 1. The largest absolute Gasteiger partial charge is 0.458 e. The number of ether oxygens (including phenoxy) is 1. The van der Waals surface area contributed by atoms with Crippen LogP contribution in [-0.4, -0.2) is 11.6 Å². The number of halogens is 1. The molecule has 1 aromatic carbocycles. The van der Waals surface area contributed by atoms with E-state index in [-0.39, 0.29) is 0 Å². The minimum Gasteiger partial charge on any atom is -0.458 e. The second-order valence-electron chi connectivity index (χ2n) is 4.31. The van der Waals surface area contributed by atoms with Crippen LogP contribution < -0.4 is 0 Å². The predicted molar refractivity (Wildman–Crippen MR) is 65.7 cm³/mol. The first-order valence-electron chi connectivity index (χ1n) is 5.21. The van der Waals surface area contributed by atoms with Crippen molar-refractivity contribution in [3.8, 4) is 6.07 Å². The molecule has 0 saturated heterocycles. The van der Waals surface area contributed by atoms with Crippen molar-refractivity contribution in [2.45, 2.75) is 32.3 Å². The van der Waals surface area contributed by atoms with Crippen LogP contribution in [-0.2, 0) is 9.53 Å². The van der Waals surface area contributed by atoms with E-state index in [1.165, 1.54) is 6.92 Å². The molecule has 0 aliphatic carbocycles. The molecular weight excluding hydrogens is 238 g/mol. The van der Waals surface area contributed by atoms with Crippen LogP contribution in [0.5, 0.6) is 0 Å². The van der Waals surface area contributed by atoms with Crippen molar-refractivity contribution in [1.82, 2.24) is 0 Å². The first-order chi connectivity index (χ1) is 7.86. The average Bonchev–Trinajstić information content (AvgIpc) is 2.19. The SMILES string of the molecule is CC(=O)OC(C)(C)C(C#N)c1ccc(Cl)cc1. The number of benzene rings is 1. The molecule has 0 radical (unpaired) electrons. The van der Waals surface area contributed by atoms with Gasteiger partial charge in [-0.1, -0.05) is 23.7 Å². The molecule has 1 aromatic rings. The third kappa shape index (κ3) is 3.47. The van der Waals surface area contributed by atoms with Crippen molar-refractivity contribution >= 4 is 17.6 Å². The minimum atomic E-state index is -0.867. The Balaban J connectivity index is 3.03. The van der Waals surface area contributed by atoms with Crippen LogP contribution in [0.2, 0.25) is 5.02 Å². The van der Waals surface area contributed by atoms with Gasteiger partial charge in [-0.15, -0.1) is 0 Å². The Morgan fingerprint density at radius 1 is 1.41 bits per heavy atom. The van der Waals surface area contributed by atoms with Crippen LogP contribution in [0.25, 0.3) is 0 Å². The van der Waals surface area contributed by atoms with Crippen molar-refractivity contribution in [3.05, 3.63) is 34.9 Å². The molecule has 1 rings (SSSR count). The predicted octanol–water partition coefficient (Wildman–Crippen LogP) is 3.29. The number of carbonyl (C=O) groups excluding carboxylic acids is 1. The van der Waals surface area contributed by atoms with Crippen molar-refractivity contribution < 1.29 is 9.53 Å². The molecule has 0 saturated carbocycles. The molecule has 1 atom stereocenters. The maximum absolute atomic E-state index is 11.0. The lowest BCUT2D eigenvalue weighted by molar-refractivity contribution is -0.154. The van der Waals surface area contributed by atoms with E-state index in [2.05, 4.69) is 6.07 Å². The van der Waals surface area contributed by atoms with Gasteiger partial charge in [0.2, 0.25) is 0 Å². The van der Waals surface area contributed by atoms with Gasteiger partial charge in [0.25, 0.3) is 0 Å². The summed E-state index contributed by atoms with van der Waals surface area (Å²) in [4.78, 5) is 11.0. The third-order valence-electron chi connectivity index (χ3n) is 2.43. The van der Waals surface area contributed by atoms with Crippen molar-refractivity contribution in [2.24, 2.45) is 0 Å². The Hall–Kier alpha value is -1.53. The number of carbonyl (C=O) groups is 1. The maximum atomic E-state index is 11.0. The highest BCUT2D eigenvalue weighted by molar-refractivity contribution is 6.30. The Bertz CT molecular complexity index is 445. The molecule has 0 heterocycles. The summed E-state index contributed by atoms with van der Waals surface area (Å²) in [5.41, 5.74) is -0.0860. The summed E-state index contributed by atoms with van der Waals surface area (Å²) in [5.74, 6) is -0.923. The Labute approximate surface area is 106 Å². The lowest BCUT2D eigenvalue weighted by Gasteiger charge is -2.29. The molecule has 0 amide bonds. The van der Waals surface area contributed by atoms with E-state index in [4.69, 9.17) is 16.3 Å². The maximum Gasteiger partial charge on any atom is 0.303 e. The zero-order valence-corrected chi connectivity index (χ0v) is 10.8. The molecule has 4 heteroatoms. The summed E-state index contributed by atoms with van der Waals surface area (Å²) >= 11 is 5.79. The van der Waals surface area contributed by atoms with E-state index in [1.807, 2.05) is 0 Å². The van der Waals surface area contributed by atoms with Crippen LogP contribution >= 0.6 is 11.6 Å². The zero-order chi connectivity index (χ0) is 13.1. The van der Waals surface area contributed by atoms with Crippen LogP contribution in [0.3, 0.4) is 0 Å². The van der Waals surface area contributed by atoms with Crippen molar-refractivity contribution in [1.29, 1.82) is 5.26 Å². The third-order valence-corrected chi connectivity index (χ3v) is 2.69. The molecule has 17 heavy (non-hydrogen) atoms. The Kier molecular flexibility index (Phi) is 4.14. The molecule has 0 aliphatic rings. The molecule has 0 fully saturated rings. The van der Waals surface area contributed by atoms with Crippen LogP contribution in [0.1, 0.15) is 32.3 Å². The Morgan fingerprint density at radius 3 is 2.35 bits per heavy atom. The fraction of sp³-hybridized carbons (Fsp3) is 0.385. The summed E-state index contributed by atoms with van der Waals surface area (Å²) in [6.07, 6.45) is 0. The number of nitrogens with zero attached hydrogens (tertiary/aromatic N) is 1. The molecule has 0 N–H and O–H groups in total. The second kappa shape index (κ2) is 5.20. The van der Waals surface area contributed by atoms with Gasteiger partial charge in [0.05, 0.1) is 6.07 Å². The van der Waals surface area contributed by atoms with E-state index in [0.29, 0.717) is 5.02 Å². The molecule has 3 nitrogen and oxygen atoms in total. The van der Waals surface area contributed by atoms with Gasteiger partial charge in [0.1, 0.15) is 11.5 Å². The van der Waals surface area contributed by atoms with E-state index in [0.717, 1.165) is 5.56 Å². The first-order valence-corrected chi connectivity index (χ1v) is 5.59. The molecule has 0 aromatic heterocycles. The van der Waals surface area contributed by atoms with Crippen LogP contribution in [0.15, 0.2) is 24.3 Å². The van der Waals surface area contributed by atoms with Gasteiger partial charge in [0.15, 0.2) is 0 Å². The second-order valence-corrected chi connectivity index (χ2v) is 4.75. The number of nitriles is 1.